The van der Waals surface area contributed by atoms with Gasteiger partial charge in [0, 0.05) is 11.6 Å². The van der Waals surface area contributed by atoms with E-state index in [4.69, 9.17) is 9.47 Å². The van der Waals surface area contributed by atoms with Crippen molar-refractivity contribution in [3.8, 4) is 11.5 Å². The number of rotatable bonds is 5. The van der Waals surface area contributed by atoms with Gasteiger partial charge in [0.1, 0.15) is 11.5 Å². The lowest BCUT2D eigenvalue weighted by Crippen LogP contribution is -2.27. The third kappa shape index (κ3) is 3.71. The first kappa shape index (κ1) is 19.1. The summed E-state index contributed by atoms with van der Waals surface area (Å²) in [6.07, 6.45) is 1.69. The SMILES string of the molecule is COc1ccc(C=C2SC(=O)N(Cc3cccc4ccccc34)C2=O)c(OC)c1. The zero-order valence-electron chi connectivity index (χ0n) is 16.0. The van der Waals surface area contributed by atoms with Crippen LogP contribution in [0.4, 0.5) is 4.79 Å². The Bertz CT molecular complexity index is 1130. The van der Waals surface area contributed by atoms with Crippen LogP contribution in [0.25, 0.3) is 16.8 Å². The molecule has 146 valence electrons. The molecule has 0 spiro atoms. The highest BCUT2D eigenvalue weighted by Gasteiger charge is 2.35. The molecule has 0 atom stereocenters. The molecule has 6 heteroatoms. The highest BCUT2D eigenvalue weighted by atomic mass is 32.2. The average molecular weight is 405 g/mol. The molecule has 0 N–H and O–H groups in total. The van der Waals surface area contributed by atoms with Crippen molar-refractivity contribution in [3.05, 3.63) is 76.7 Å². The summed E-state index contributed by atoms with van der Waals surface area (Å²) in [7, 11) is 3.13. The van der Waals surface area contributed by atoms with Crippen molar-refractivity contribution in [1.29, 1.82) is 0 Å². The van der Waals surface area contributed by atoms with Gasteiger partial charge in [-0.05, 0) is 46.3 Å². The van der Waals surface area contributed by atoms with E-state index in [2.05, 4.69) is 0 Å². The van der Waals surface area contributed by atoms with Crippen LogP contribution in [0.3, 0.4) is 0 Å². The number of ether oxygens (including phenoxy) is 2. The Morgan fingerprint density at radius 1 is 0.966 bits per heavy atom. The van der Waals surface area contributed by atoms with Crippen molar-refractivity contribution in [3.63, 3.8) is 0 Å². The molecule has 0 aromatic heterocycles. The molecule has 1 aliphatic rings. The van der Waals surface area contributed by atoms with Gasteiger partial charge in [0.15, 0.2) is 0 Å². The predicted octanol–water partition coefficient (Wildman–Crippen LogP) is 5.09. The Balaban J connectivity index is 1.63. The standard InChI is InChI=1S/C23H19NO4S/c1-27-18-11-10-16(20(13-18)28-2)12-21-22(25)24(23(26)29-21)14-17-8-5-7-15-6-3-4-9-19(15)17/h3-13H,14H2,1-2H3. The average Bonchev–Trinajstić information content (AvgIpc) is 3.01. The fourth-order valence-corrected chi connectivity index (χ4v) is 4.15. The summed E-state index contributed by atoms with van der Waals surface area (Å²) in [6, 6.07) is 19.2. The van der Waals surface area contributed by atoms with Crippen molar-refractivity contribution >= 4 is 39.8 Å². The Hall–Kier alpha value is -3.25. The van der Waals surface area contributed by atoms with Crippen LogP contribution in [-0.4, -0.2) is 30.3 Å². The number of imide groups is 1. The minimum Gasteiger partial charge on any atom is -0.497 e. The van der Waals surface area contributed by atoms with Crippen LogP contribution in [0.5, 0.6) is 11.5 Å². The molecule has 1 fully saturated rings. The topological polar surface area (TPSA) is 55.8 Å². The molecule has 1 saturated heterocycles. The van der Waals surface area contributed by atoms with Crippen LogP contribution in [0, 0.1) is 0 Å². The lowest BCUT2D eigenvalue weighted by Gasteiger charge is -2.14. The molecule has 2 amide bonds. The van der Waals surface area contributed by atoms with Gasteiger partial charge in [0.25, 0.3) is 11.1 Å². The maximum Gasteiger partial charge on any atom is 0.293 e. The third-order valence-electron chi connectivity index (χ3n) is 4.81. The van der Waals surface area contributed by atoms with Crippen molar-refractivity contribution in [2.45, 2.75) is 6.54 Å². The molecule has 3 aromatic carbocycles. The van der Waals surface area contributed by atoms with Crippen molar-refractivity contribution in [2.75, 3.05) is 14.2 Å². The number of benzene rings is 3. The molecule has 3 aromatic rings. The second kappa shape index (κ2) is 8.01. The monoisotopic (exact) mass is 405 g/mol. The van der Waals surface area contributed by atoms with Crippen LogP contribution in [-0.2, 0) is 11.3 Å². The Morgan fingerprint density at radius 3 is 2.55 bits per heavy atom. The molecule has 0 unspecified atom stereocenters. The van der Waals surface area contributed by atoms with Crippen molar-refractivity contribution in [1.82, 2.24) is 4.90 Å². The number of carbonyl (C=O) groups is 2. The maximum absolute atomic E-state index is 12.9. The van der Waals surface area contributed by atoms with Crippen molar-refractivity contribution < 1.29 is 19.1 Å². The number of carbonyl (C=O) groups excluding carboxylic acids is 2. The molecular formula is C23H19NO4S. The number of thioether (sulfide) groups is 1. The summed E-state index contributed by atoms with van der Waals surface area (Å²) in [6.45, 7) is 0.239. The minimum absolute atomic E-state index is 0.239. The molecule has 4 rings (SSSR count). The van der Waals surface area contributed by atoms with Gasteiger partial charge in [-0.25, -0.2) is 0 Å². The fourth-order valence-electron chi connectivity index (χ4n) is 3.32. The number of methoxy groups -OCH3 is 2. The van der Waals surface area contributed by atoms with Crippen LogP contribution in [0.2, 0.25) is 0 Å². The second-order valence-electron chi connectivity index (χ2n) is 6.51. The second-order valence-corrected chi connectivity index (χ2v) is 7.51. The first-order valence-corrected chi connectivity index (χ1v) is 9.86. The van der Waals surface area contributed by atoms with Gasteiger partial charge in [-0.15, -0.1) is 0 Å². The van der Waals surface area contributed by atoms with Crippen LogP contribution >= 0.6 is 11.8 Å². The summed E-state index contributed by atoms with van der Waals surface area (Å²) in [5, 5.41) is 1.84. The van der Waals surface area contributed by atoms with Gasteiger partial charge in [-0.3, -0.25) is 14.5 Å². The summed E-state index contributed by atoms with van der Waals surface area (Å²) >= 11 is 0.942. The first-order chi connectivity index (χ1) is 14.1. The fraction of sp³-hybridized carbons (Fsp3) is 0.130. The molecule has 0 saturated carbocycles. The quantitative estimate of drug-likeness (QED) is 0.553. The molecule has 0 bridgehead atoms. The van der Waals surface area contributed by atoms with E-state index >= 15 is 0 Å². The highest BCUT2D eigenvalue weighted by Crippen LogP contribution is 2.36. The van der Waals surface area contributed by atoms with Gasteiger partial charge in [0.05, 0.1) is 25.7 Å². The molecule has 5 nitrogen and oxygen atoms in total. The van der Waals surface area contributed by atoms with E-state index in [9.17, 15) is 9.59 Å². The maximum atomic E-state index is 12.9. The Kier molecular flexibility index (Phi) is 5.27. The summed E-state index contributed by atoms with van der Waals surface area (Å²) in [4.78, 5) is 27.2. The Labute approximate surface area is 172 Å². The Morgan fingerprint density at radius 2 is 1.76 bits per heavy atom. The van der Waals surface area contributed by atoms with Crippen LogP contribution in [0.15, 0.2) is 65.6 Å². The van der Waals surface area contributed by atoms with E-state index in [-0.39, 0.29) is 17.7 Å². The van der Waals surface area contributed by atoms with E-state index in [1.54, 1.807) is 38.5 Å². The third-order valence-corrected chi connectivity index (χ3v) is 5.72. The number of fused-ring (bicyclic) bond motifs is 1. The van der Waals surface area contributed by atoms with Gasteiger partial charge in [0.2, 0.25) is 0 Å². The lowest BCUT2D eigenvalue weighted by molar-refractivity contribution is -0.123. The van der Waals surface area contributed by atoms with E-state index in [1.165, 1.54) is 4.90 Å². The molecule has 1 heterocycles. The van der Waals surface area contributed by atoms with Gasteiger partial charge < -0.3 is 9.47 Å². The molecule has 1 aliphatic heterocycles. The lowest BCUT2D eigenvalue weighted by atomic mass is 10.0. The van der Waals surface area contributed by atoms with Gasteiger partial charge >= 0.3 is 0 Å². The molecule has 0 aliphatic carbocycles. The van der Waals surface area contributed by atoms with Gasteiger partial charge in [-0.2, -0.15) is 0 Å². The zero-order chi connectivity index (χ0) is 20.4. The number of hydrogen-bond acceptors (Lipinski definition) is 5. The van der Waals surface area contributed by atoms with E-state index < -0.39 is 0 Å². The smallest absolute Gasteiger partial charge is 0.293 e. The van der Waals surface area contributed by atoms with Crippen molar-refractivity contribution in [2.24, 2.45) is 0 Å². The number of nitrogens with zero attached hydrogens (tertiary/aromatic N) is 1. The van der Waals surface area contributed by atoms with Crippen LogP contribution < -0.4 is 9.47 Å². The van der Waals surface area contributed by atoms with E-state index in [0.29, 0.717) is 22.0 Å². The largest absolute Gasteiger partial charge is 0.497 e. The zero-order valence-corrected chi connectivity index (χ0v) is 16.9. The highest BCUT2D eigenvalue weighted by molar-refractivity contribution is 8.18. The summed E-state index contributed by atoms with van der Waals surface area (Å²) in [5.74, 6) is 0.930. The van der Waals surface area contributed by atoms with E-state index in [0.717, 1.165) is 28.1 Å². The van der Waals surface area contributed by atoms with Gasteiger partial charge in [-0.1, -0.05) is 42.5 Å². The van der Waals surface area contributed by atoms with Crippen LogP contribution in [0.1, 0.15) is 11.1 Å². The molecule has 0 radical (unpaired) electrons. The first-order valence-electron chi connectivity index (χ1n) is 9.04. The predicted molar refractivity (Wildman–Crippen MR) is 115 cm³/mol. The summed E-state index contributed by atoms with van der Waals surface area (Å²) < 4.78 is 10.6. The number of hydrogen-bond donors (Lipinski definition) is 0. The molecular weight excluding hydrogens is 386 g/mol. The molecule has 29 heavy (non-hydrogen) atoms. The van der Waals surface area contributed by atoms with E-state index in [1.807, 2.05) is 42.5 Å². The minimum atomic E-state index is -0.300. The number of amides is 2. The normalized spacial score (nSPS) is 15.4. The summed E-state index contributed by atoms with van der Waals surface area (Å²) in [5.41, 5.74) is 1.65.